The van der Waals surface area contributed by atoms with Crippen LogP contribution in [0.2, 0.25) is 5.02 Å². The fraction of sp³-hybridized carbons (Fsp3) is 0.357. The SMILES string of the molecule is CC(C)c1nn(C)cc1CNc1cc(F)ccc1Cl. The summed E-state index contributed by atoms with van der Waals surface area (Å²) in [6.45, 7) is 4.77. The summed E-state index contributed by atoms with van der Waals surface area (Å²) in [4.78, 5) is 0. The van der Waals surface area contributed by atoms with E-state index in [0.29, 0.717) is 23.2 Å². The Kier molecular flexibility index (Phi) is 4.10. The van der Waals surface area contributed by atoms with Crippen molar-refractivity contribution >= 4 is 17.3 Å². The third-order valence-electron chi connectivity index (χ3n) is 2.88. The lowest BCUT2D eigenvalue weighted by atomic mass is 10.1. The molecule has 3 nitrogen and oxygen atoms in total. The van der Waals surface area contributed by atoms with Crippen LogP contribution in [0.15, 0.2) is 24.4 Å². The summed E-state index contributed by atoms with van der Waals surface area (Å²) in [6, 6.07) is 4.29. The Morgan fingerprint density at radius 2 is 2.16 bits per heavy atom. The predicted molar refractivity (Wildman–Crippen MR) is 76.0 cm³/mol. The number of anilines is 1. The highest BCUT2D eigenvalue weighted by atomic mass is 35.5. The second-order valence-corrected chi connectivity index (χ2v) is 5.25. The van der Waals surface area contributed by atoms with Gasteiger partial charge in [-0.1, -0.05) is 25.4 Å². The number of benzene rings is 1. The normalized spacial score (nSPS) is 11.1. The fourth-order valence-electron chi connectivity index (χ4n) is 2.00. The van der Waals surface area contributed by atoms with E-state index in [2.05, 4.69) is 24.3 Å². The Balaban J connectivity index is 2.16. The number of aromatic nitrogens is 2. The molecule has 0 spiro atoms. The van der Waals surface area contributed by atoms with E-state index in [0.717, 1.165) is 11.3 Å². The van der Waals surface area contributed by atoms with Gasteiger partial charge < -0.3 is 5.32 Å². The standard InChI is InChI=1S/C14H17ClFN3/c1-9(2)14-10(8-19(3)18-14)7-17-13-6-11(16)4-5-12(13)15/h4-6,8-9,17H,7H2,1-3H3. The molecule has 0 bridgehead atoms. The van der Waals surface area contributed by atoms with Crippen molar-refractivity contribution in [2.75, 3.05) is 5.32 Å². The first-order chi connectivity index (χ1) is 8.97. The molecule has 1 N–H and O–H groups in total. The molecule has 102 valence electrons. The van der Waals surface area contributed by atoms with E-state index in [1.807, 2.05) is 13.2 Å². The van der Waals surface area contributed by atoms with Gasteiger partial charge in [-0.15, -0.1) is 0 Å². The third-order valence-corrected chi connectivity index (χ3v) is 3.21. The summed E-state index contributed by atoms with van der Waals surface area (Å²) >= 11 is 6.02. The number of nitrogens with one attached hydrogen (secondary N) is 1. The van der Waals surface area contributed by atoms with Crippen LogP contribution in [0.5, 0.6) is 0 Å². The van der Waals surface area contributed by atoms with Crippen LogP contribution in [0.1, 0.15) is 31.0 Å². The van der Waals surface area contributed by atoms with Crippen LogP contribution >= 0.6 is 11.6 Å². The van der Waals surface area contributed by atoms with Crippen molar-refractivity contribution in [3.8, 4) is 0 Å². The van der Waals surface area contributed by atoms with Crippen molar-refractivity contribution in [3.05, 3.63) is 46.5 Å². The molecule has 1 aromatic carbocycles. The number of hydrogen-bond donors (Lipinski definition) is 1. The first kappa shape index (κ1) is 13.9. The molecule has 5 heteroatoms. The molecule has 0 fully saturated rings. The van der Waals surface area contributed by atoms with Gasteiger partial charge in [0.25, 0.3) is 0 Å². The van der Waals surface area contributed by atoms with Gasteiger partial charge in [-0.2, -0.15) is 5.10 Å². The zero-order valence-electron chi connectivity index (χ0n) is 11.2. The highest BCUT2D eigenvalue weighted by Crippen LogP contribution is 2.24. The van der Waals surface area contributed by atoms with Crippen molar-refractivity contribution < 1.29 is 4.39 Å². The zero-order valence-corrected chi connectivity index (χ0v) is 12.0. The minimum absolute atomic E-state index is 0.304. The van der Waals surface area contributed by atoms with Crippen LogP contribution in [-0.2, 0) is 13.6 Å². The smallest absolute Gasteiger partial charge is 0.125 e. The molecule has 0 aliphatic rings. The van der Waals surface area contributed by atoms with Gasteiger partial charge in [0.15, 0.2) is 0 Å². The van der Waals surface area contributed by atoms with Crippen LogP contribution in [0.25, 0.3) is 0 Å². The summed E-state index contributed by atoms with van der Waals surface area (Å²) in [5.41, 5.74) is 2.74. The van der Waals surface area contributed by atoms with Crippen molar-refractivity contribution in [3.63, 3.8) is 0 Å². The van der Waals surface area contributed by atoms with Crippen molar-refractivity contribution in [1.82, 2.24) is 9.78 Å². The van der Waals surface area contributed by atoms with Gasteiger partial charge in [-0.05, 0) is 24.1 Å². The maximum Gasteiger partial charge on any atom is 0.125 e. The van der Waals surface area contributed by atoms with Crippen LogP contribution in [0, 0.1) is 5.82 Å². The van der Waals surface area contributed by atoms with E-state index in [-0.39, 0.29) is 5.82 Å². The van der Waals surface area contributed by atoms with Crippen molar-refractivity contribution in [2.45, 2.75) is 26.3 Å². The number of aryl methyl sites for hydroxylation is 1. The molecule has 1 heterocycles. The largest absolute Gasteiger partial charge is 0.380 e. The molecule has 2 rings (SSSR count). The summed E-state index contributed by atoms with van der Waals surface area (Å²) < 4.78 is 15.0. The Labute approximate surface area is 117 Å². The number of hydrogen-bond acceptors (Lipinski definition) is 2. The fourth-order valence-corrected chi connectivity index (χ4v) is 2.18. The summed E-state index contributed by atoms with van der Waals surface area (Å²) in [7, 11) is 1.89. The first-order valence-corrected chi connectivity index (χ1v) is 6.56. The molecule has 2 aromatic rings. The summed E-state index contributed by atoms with van der Waals surface area (Å²) in [5, 5.41) is 8.10. The molecule has 0 aliphatic carbocycles. The Morgan fingerprint density at radius 3 is 2.84 bits per heavy atom. The molecule has 0 amide bonds. The minimum Gasteiger partial charge on any atom is -0.380 e. The van der Waals surface area contributed by atoms with Gasteiger partial charge in [-0.25, -0.2) is 4.39 Å². The van der Waals surface area contributed by atoms with E-state index >= 15 is 0 Å². The van der Waals surface area contributed by atoms with Crippen LogP contribution in [-0.4, -0.2) is 9.78 Å². The maximum absolute atomic E-state index is 13.2. The van der Waals surface area contributed by atoms with Crippen LogP contribution in [0.3, 0.4) is 0 Å². The minimum atomic E-state index is -0.304. The van der Waals surface area contributed by atoms with E-state index in [9.17, 15) is 4.39 Å². The third kappa shape index (κ3) is 3.26. The monoisotopic (exact) mass is 281 g/mol. The summed E-state index contributed by atoms with van der Waals surface area (Å²) in [6.07, 6.45) is 1.97. The van der Waals surface area contributed by atoms with E-state index < -0.39 is 0 Å². The number of rotatable bonds is 4. The number of halogens is 2. The quantitative estimate of drug-likeness (QED) is 0.920. The molecule has 0 unspecified atom stereocenters. The van der Waals surface area contributed by atoms with Gasteiger partial charge >= 0.3 is 0 Å². The van der Waals surface area contributed by atoms with Gasteiger partial charge in [-0.3, -0.25) is 4.68 Å². The average molecular weight is 282 g/mol. The maximum atomic E-state index is 13.2. The average Bonchev–Trinajstić information content (AvgIpc) is 2.72. The molecule has 0 saturated heterocycles. The molecule has 1 aromatic heterocycles. The lowest BCUT2D eigenvalue weighted by Gasteiger charge is -2.09. The van der Waals surface area contributed by atoms with Gasteiger partial charge in [0.2, 0.25) is 0 Å². The molecule has 0 radical (unpaired) electrons. The lowest BCUT2D eigenvalue weighted by Crippen LogP contribution is -2.03. The molecule has 0 atom stereocenters. The van der Waals surface area contributed by atoms with Gasteiger partial charge in [0.1, 0.15) is 5.82 Å². The Morgan fingerprint density at radius 1 is 1.42 bits per heavy atom. The second-order valence-electron chi connectivity index (χ2n) is 4.85. The van der Waals surface area contributed by atoms with Gasteiger partial charge in [0.05, 0.1) is 16.4 Å². The van der Waals surface area contributed by atoms with E-state index in [1.54, 1.807) is 10.7 Å². The van der Waals surface area contributed by atoms with Crippen LogP contribution < -0.4 is 5.32 Å². The van der Waals surface area contributed by atoms with Crippen LogP contribution in [0.4, 0.5) is 10.1 Å². The molecule has 19 heavy (non-hydrogen) atoms. The van der Waals surface area contributed by atoms with Gasteiger partial charge in [0, 0.05) is 25.4 Å². The zero-order chi connectivity index (χ0) is 14.0. The number of nitrogens with zero attached hydrogens (tertiary/aromatic N) is 2. The molecule has 0 saturated carbocycles. The summed E-state index contributed by atoms with van der Waals surface area (Å²) in [5.74, 6) is 0.0446. The van der Waals surface area contributed by atoms with Crippen molar-refractivity contribution in [1.29, 1.82) is 0 Å². The Bertz CT molecular complexity index is 578. The Hall–Kier alpha value is -1.55. The lowest BCUT2D eigenvalue weighted by molar-refractivity contribution is 0.628. The highest BCUT2D eigenvalue weighted by Gasteiger charge is 2.11. The van der Waals surface area contributed by atoms with Crippen molar-refractivity contribution in [2.24, 2.45) is 7.05 Å². The van der Waals surface area contributed by atoms with E-state index in [1.165, 1.54) is 12.1 Å². The first-order valence-electron chi connectivity index (χ1n) is 6.18. The highest BCUT2D eigenvalue weighted by molar-refractivity contribution is 6.33. The molecular formula is C14H17ClFN3. The van der Waals surface area contributed by atoms with E-state index in [4.69, 9.17) is 11.6 Å². The topological polar surface area (TPSA) is 29.9 Å². The molecule has 0 aliphatic heterocycles. The molecular weight excluding hydrogens is 265 g/mol. The predicted octanol–water partition coefficient (Wildman–Crippen LogP) is 3.95. The second kappa shape index (κ2) is 5.61.